The molecule has 1 atom stereocenters. The Morgan fingerprint density at radius 3 is 2.23 bits per heavy atom. The predicted molar refractivity (Wildman–Crippen MR) is 81.5 cm³/mol. The number of esters is 1. The molecule has 110 valence electrons. The number of rotatable bonds is 5. The zero-order valence-corrected chi connectivity index (χ0v) is 12.2. The minimum absolute atomic E-state index is 0.0794. The Labute approximate surface area is 129 Å². The molecule has 0 aliphatic rings. The summed E-state index contributed by atoms with van der Waals surface area (Å²) in [6.07, 6.45) is 0.109. The van der Waals surface area contributed by atoms with Crippen molar-refractivity contribution in [2.24, 2.45) is 0 Å². The molecule has 0 amide bonds. The normalized spacial score (nSPS) is 11.3. The van der Waals surface area contributed by atoms with Crippen LogP contribution in [-0.4, -0.2) is 18.9 Å². The number of carbonyl (C=O) groups excluding carboxylic acids is 2. The molecule has 0 fully saturated rings. The third-order valence-corrected chi connectivity index (χ3v) is 3.38. The summed E-state index contributed by atoms with van der Waals surface area (Å²) >= 11 is 0. The van der Waals surface area contributed by atoms with Gasteiger partial charge in [0.1, 0.15) is 0 Å². The first kappa shape index (κ1) is 15.5. The third kappa shape index (κ3) is 3.58. The van der Waals surface area contributed by atoms with Crippen LogP contribution in [0.3, 0.4) is 0 Å². The molecule has 0 heterocycles. The predicted octanol–water partition coefficient (Wildman–Crippen LogP) is 3.35. The van der Waals surface area contributed by atoms with E-state index in [1.807, 2.05) is 6.07 Å². The summed E-state index contributed by atoms with van der Waals surface area (Å²) in [6.45, 7) is 0. The van der Waals surface area contributed by atoms with E-state index in [-0.39, 0.29) is 12.2 Å². The standard InChI is InChI=1S/C18H15NO3/c1-22-18(21)15-9-7-13(8-10-15)16(12-19)11-17(20)14-5-3-2-4-6-14/h2-10,16H,11H2,1H3/t16-/m0/s1. The molecule has 0 radical (unpaired) electrons. The van der Waals surface area contributed by atoms with Gasteiger partial charge in [-0.2, -0.15) is 5.26 Å². The van der Waals surface area contributed by atoms with Crippen LogP contribution in [0.1, 0.15) is 38.6 Å². The van der Waals surface area contributed by atoms with Crippen molar-refractivity contribution < 1.29 is 14.3 Å². The number of hydrogen-bond acceptors (Lipinski definition) is 4. The fourth-order valence-corrected chi connectivity index (χ4v) is 2.13. The fraction of sp³-hybridized carbons (Fsp3) is 0.167. The molecule has 2 aromatic rings. The van der Waals surface area contributed by atoms with Gasteiger partial charge in [0.2, 0.25) is 0 Å². The fourth-order valence-electron chi connectivity index (χ4n) is 2.13. The van der Waals surface area contributed by atoms with E-state index in [0.29, 0.717) is 16.7 Å². The van der Waals surface area contributed by atoms with Gasteiger partial charge in [0, 0.05) is 12.0 Å². The molecule has 4 nitrogen and oxygen atoms in total. The molecule has 2 aromatic carbocycles. The maximum atomic E-state index is 12.2. The van der Waals surface area contributed by atoms with Gasteiger partial charge in [0.05, 0.1) is 24.7 Å². The van der Waals surface area contributed by atoms with Crippen LogP contribution in [0.2, 0.25) is 0 Å². The summed E-state index contributed by atoms with van der Waals surface area (Å²) < 4.78 is 4.63. The van der Waals surface area contributed by atoms with Gasteiger partial charge in [-0.05, 0) is 17.7 Å². The van der Waals surface area contributed by atoms with Gasteiger partial charge in [0.25, 0.3) is 0 Å². The average molecular weight is 293 g/mol. The smallest absolute Gasteiger partial charge is 0.337 e. The van der Waals surface area contributed by atoms with Gasteiger partial charge in [-0.15, -0.1) is 0 Å². The Bertz CT molecular complexity index is 699. The van der Waals surface area contributed by atoms with E-state index in [0.717, 1.165) is 0 Å². The Morgan fingerprint density at radius 2 is 1.68 bits per heavy atom. The quantitative estimate of drug-likeness (QED) is 0.626. The van der Waals surface area contributed by atoms with E-state index in [1.54, 1.807) is 48.5 Å². The van der Waals surface area contributed by atoms with Gasteiger partial charge in [-0.1, -0.05) is 42.5 Å². The maximum absolute atomic E-state index is 12.2. The summed E-state index contributed by atoms with van der Waals surface area (Å²) in [5, 5.41) is 9.31. The largest absolute Gasteiger partial charge is 0.465 e. The second-order valence-electron chi connectivity index (χ2n) is 4.79. The zero-order valence-electron chi connectivity index (χ0n) is 12.2. The summed E-state index contributed by atoms with van der Waals surface area (Å²) in [7, 11) is 1.31. The van der Waals surface area contributed by atoms with Crippen molar-refractivity contribution in [3.8, 4) is 6.07 Å². The molecule has 0 N–H and O–H groups in total. The van der Waals surface area contributed by atoms with Gasteiger partial charge < -0.3 is 4.74 Å². The molecule has 0 aliphatic heterocycles. The number of ketones is 1. The lowest BCUT2D eigenvalue weighted by molar-refractivity contribution is 0.0600. The molecule has 22 heavy (non-hydrogen) atoms. The average Bonchev–Trinajstić information content (AvgIpc) is 2.59. The van der Waals surface area contributed by atoms with Crippen molar-refractivity contribution in [2.45, 2.75) is 12.3 Å². The Hall–Kier alpha value is -2.93. The minimum Gasteiger partial charge on any atom is -0.465 e. The van der Waals surface area contributed by atoms with E-state index in [2.05, 4.69) is 10.8 Å². The Morgan fingerprint density at radius 1 is 1.05 bits per heavy atom. The van der Waals surface area contributed by atoms with Crippen molar-refractivity contribution in [3.05, 3.63) is 71.3 Å². The van der Waals surface area contributed by atoms with Crippen LogP contribution in [0.25, 0.3) is 0 Å². The number of benzene rings is 2. The number of nitriles is 1. The molecule has 0 saturated heterocycles. The first-order valence-corrected chi connectivity index (χ1v) is 6.82. The SMILES string of the molecule is COC(=O)c1ccc([C@H](C#N)CC(=O)c2ccccc2)cc1. The third-order valence-electron chi connectivity index (χ3n) is 3.38. The lowest BCUT2D eigenvalue weighted by Gasteiger charge is -2.09. The van der Waals surface area contributed by atoms with Crippen molar-refractivity contribution >= 4 is 11.8 Å². The highest BCUT2D eigenvalue weighted by molar-refractivity contribution is 5.96. The summed E-state index contributed by atoms with van der Waals surface area (Å²) in [5.74, 6) is -1.05. The van der Waals surface area contributed by atoms with Crippen molar-refractivity contribution in [3.63, 3.8) is 0 Å². The van der Waals surface area contributed by atoms with Crippen LogP contribution in [0.15, 0.2) is 54.6 Å². The van der Waals surface area contributed by atoms with E-state index in [9.17, 15) is 14.9 Å². The molecule has 0 bridgehead atoms. The van der Waals surface area contributed by atoms with E-state index in [1.165, 1.54) is 7.11 Å². The summed E-state index contributed by atoms with van der Waals surface area (Å²) in [4.78, 5) is 23.6. The molecular weight excluding hydrogens is 278 g/mol. The van der Waals surface area contributed by atoms with Gasteiger partial charge in [0.15, 0.2) is 5.78 Å². The highest BCUT2D eigenvalue weighted by Crippen LogP contribution is 2.22. The van der Waals surface area contributed by atoms with Crippen molar-refractivity contribution in [1.82, 2.24) is 0 Å². The molecular formula is C18H15NO3. The summed E-state index contributed by atoms with van der Waals surface area (Å²) in [5.41, 5.74) is 1.71. The highest BCUT2D eigenvalue weighted by Gasteiger charge is 2.17. The van der Waals surface area contributed by atoms with Crippen LogP contribution in [0.4, 0.5) is 0 Å². The van der Waals surface area contributed by atoms with Crippen LogP contribution in [0, 0.1) is 11.3 Å². The highest BCUT2D eigenvalue weighted by atomic mass is 16.5. The molecule has 2 rings (SSSR count). The van der Waals surface area contributed by atoms with Crippen LogP contribution in [0.5, 0.6) is 0 Å². The topological polar surface area (TPSA) is 67.2 Å². The lowest BCUT2D eigenvalue weighted by Crippen LogP contribution is -2.07. The molecule has 0 saturated carbocycles. The first-order valence-electron chi connectivity index (χ1n) is 6.82. The summed E-state index contributed by atoms with van der Waals surface area (Å²) in [6, 6.07) is 17.6. The van der Waals surface area contributed by atoms with E-state index < -0.39 is 11.9 Å². The molecule has 0 aliphatic carbocycles. The van der Waals surface area contributed by atoms with Crippen LogP contribution in [-0.2, 0) is 4.74 Å². The second-order valence-corrected chi connectivity index (χ2v) is 4.79. The number of Topliss-reactive ketones (excluding diaryl/α,β-unsaturated/α-hetero) is 1. The minimum atomic E-state index is -0.542. The monoisotopic (exact) mass is 293 g/mol. The van der Waals surface area contributed by atoms with Crippen LogP contribution >= 0.6 is 0 Å². The lowest BCUT2D eigenvalue weighted by atomic mass is 9.92. The second kappa shape index (κ2) is 7.19. The van der Waals surface area contributed by atoms with Gasteiger partial charge >= 0.3 is 5.97 Å². The van der Waals surface area contributed by atoms with Gasteiger partial charge in [-0.25, -0.2) is 4.79 Å². The van der Waals surface area contributed by atoms with E-state index in [4.69, 9.17) is 0 Å². The number of carbonyl (C=O) groups is 2. The molecule has 0 aromatic heterocycles. The Balaban J connectivity index is 2.14. The van der Waals surface area contributed by atoms with Crippen molar-refractivity contribution in [1.29, 1.82) is 5.26 Å². The van der Waals surface area contributed by atoms with Crippen LogP contribution < -0.4 is 0 Å². The van der Waals surface area contributed by atoms with Crippen molar-refractivity contribution in [2.75, 3.05) is 7.11 Å². The molecule has 0 spiro atoms. The zero-order chi connectivity index (χ0) is 15.9. The van der Waals surface area contributed by atoms with Gasteiger partial charge in [-0.3, -0.25) is 4.79 Å². The van der Waals surface area contributed by atoms with E-state index >= 15 is 0 Å². The maximum Gasteiger partial charge on any atom is 0.337 e. The number of ether oxygens (including phenoxy) is 1. The molecule has 4 heteroatoms. The molecule has 0 unspecified atom stereocenters. The number of methoxy groups -OCH3 is 1. The Kier molecular flexibility index (Phi) is 5.05. The first-order chi connectivity index (χ1) is 10.7. The number of nitrogens with zero attached hydrogens (tertiary/aromatic N) is 1. The number of hydrogen-bond donors (Lipinski definition) is 0.